The molecule has 4 rings (SSSR count). The lowest BCUT2D eigenvalue weighted by molar-refractivity contribution is -0.137. The van der Waals surface area contributed by atoms with Gasteiger partial charge in [-0.15, -0.1) is 11.8 Å². The molecular formula is C34H30F3N3O3S. The summed E-state index contributed by atoms with van der Waals surface area (Å²) in [5.41, 5.74) is 1.42. The first-order valence-corrected chi connectivity index (χ1v) is 14.7. The van der Waals surface area contributed by atoms with Crippen molar-refractivity contribution in [2.45, 2.75) is 30.8 Å². The number of carbonyl (C=O) groups is 3. The summed E-state index contributed by atoms with van der Waals surface area (Å²) < 4.78 is 39.8. The van der Waals surface area contributed by atoms with Crippen LogP contribution in [0.1, 0.15) is 46.8 Å². The number of alkyl halides is 3. The van der Waals surface area contributed by atoms with E-state index in [0.29, 0.717) is 22.1 Å². The van der Waals surface area contributed by atoms with Gasteiger partial charge >= 0.3 is 6.18 Å². The number of hydrogen-bond acceptors (Lipinski definition) is 4. The number of nitrogens with one attached hydrogen (secondary N) is 3. The molecule has 0 heterocycles. The van der Waals surface area contributed by atoms with Gasteiger partial charge in [-0.05, 0) is 65.6 Å². The third-order valence-electron chi connectivity index (χ3n) is 6.41. The standard InChI is InChI=1S/C34H30F3N3O3S/c1-22(2)24-17-15-23(16-18-24)19-30(40-32(42)25-9-4-3-5-10-25)33(43)38-26-11-8-12-27(20-26)44-21-31(41)39-29-14-7-6-13-28(29)34(35,36)37/h3-20,22H,21H2,1-2H3,(H,38,43)(H,39,41)(H,40,42)/b30-19+. The predicted molar refractivity (Wildman–Crippen MR) is 168 cm³/mol. The number of anilines is 2. The van der Waals surface area contributed by atoms with Crippen molar-refractivity contribution in [3.63, 3.8) is 0 Å². The van der Waals surface area contributed by atoms with Crippen molar-refractivity contribution >= 4 is 46.9 Å². The van der Waals surface area contributed by atoms with E-state index >= 15 is 0 Å². The van der Waals surface area contributed by atoms with Gasteiger partial charge < -0.3 is 16.0 Å². The first kappa shape index (κ1) is 32.1. The van der Waals surface area contributed by atoms with E-state index in [1.165, 1.54) is 18.2 Å². The molecule has 0 unspecified atom stereocenters. The third-order valence-corrected chi connectivity index (χ3v) is 7.41. The summed E-state index contributed by atoms with van der Waals surface area (Å²) in [4.78, 5) is 39.4. The van der Waals surface area contributed by atoms with E-state index in [0.717, 1.165) is 29.0 Å². The van der Waals surface area contributed by atoms with Gasteiger partial charge in [-0.1, -0.05) is 74.5 Å². The molecule has 0 aliphatic rings. The lowest BCUT2D eigenvalue weighted by Gasteiger charge is -2.14. The number of halogens is 3. The highest BCUT2D eigenvalue weighted by Gasteiger charge is 2.33. The summed E-state index contributed by atoms with van der Waals surface area (Å²) in [6.07, 6.45) is -3.02. The van der Waals surface area contributed by atoms with Crippen molar-refractivity contribution in [2.75, 3.05) is 16.4 Å². The molecule has 3 N–H and O–H groups in total. The molecule has 0 atom stereocenters. The van der Waals surface area contributed by atoms with Crippen LogP contribution in [0.2, 0.25) is 0 Å². The van der Waals surface area contributed by atoms with E-state index < -0.39 is 29.5 Å². The van der Waals surface area contributed by atoms with Gasteiger partial charge in [0.1, 0.15) is 5.70 Å². The van der Waals surface area contributed by atoms with E-state index in [1.54, 1.807) is 60.7 Å². The van der Waals surface area contributed by atoms with E-state index in [4.69, 9.17) is 0 Å². The van der Waals surface area contributed by atoms with Crippen LogP contribution in [0.25, 0.3) is 6.08 Å². The Morgan fingerprint density at radius 2 is 1.50 bits per heavy atom. The molecule has 44 heavy (non-hydrogen) atoms. The first-order chi connectivity index (χ1) is 21.0. The summed E-state index contributed by atoms with van der Waals surface area (Å²) in [5.74, 6) is -1.45. The number of thioether (sulfide) groups is 1. The second-order valence-electron chi connectivity index (χ2n) is 10.1. The number of benzene rings is 4. The average molecular weight is 618 g/mol. The highest BCUT2D eigenvalue weighted by atomic mass is 32.2. The number of amides is 3. The third kappa shape index (κ3) is 9.08. The van der Waals surface area contributed by atoms with Gasteiger partial charge in [0.25, 0.3) is 11.8 Å². The van der Waals surface area contributed by atoms with Gasteiger partial charge in [0.15, 0.2) is 0 Å². The van der Waals surface area contributed by atoms with Crippen LogP contribution in [-0.2, 0) is 15.8 Å². The topological polar surface area (TPSA) is 87.3 Å². The number of hydrogen-bond donors (Lipinski definition) is 3. The Bertz CT molecular complexity index is 1650. The lowest BCUT2D eigenvalue weighted by Crippen LogP contribution is -2.30. The summed E-state index contributed by atoms with van der Waals surface area (Å²) in [6.45, 7) is 4.16. The smallest absolute Gasteiger partial charge is 0.325 e. The van der Waals surface area contributed by atoms with Crippen molar-refractivity contribution in [1.29, 1.82) is 0 Å². The molecular weight excluding hydrogens is 587 g/mol. The molecule has 4 aromatic rings. The second kappa shape index (κ2) is 14.6. The number of rotatable bonds is 10. The average Bonchev–Trinajstić information content (AvgIpc) is 3.00. The van der Waals surface area contributed by atoms with Gasteiger partial charge in [0, 0.05) is 16.1 Å². The van der Waals surface area contributed by atoms with Crippen LogP contribution in [0, 0.1) is 0 Å². The number of para-hydroxylation sites is 1. The quantitative estimate of drug-likeness (QED) is 0.124. The molecule has 0 aliphatic heterocycles. The zero-order chi connectivity index (χ0) is 31.7. The van der Waals surface area contributed by atoms with Crippen molar-refractivity contribution in [3.05, 3.63) is 131 Å². The molecule has 6 nitrogen and oxygen atoms in total. The summed E-state index contributed by atoms with van der Waals surface area (Å²) >= 11 is 1.10. The lowest BCUT2D eigenvalue weighted by atomic mass is 10.0. The van der Waals surface area contributed by atoms with E-state index in [9.17, 15) is 27.6 Å². The van der Waals surface area contributed by atoms with Crippen molar-refractivity contribution in [3.8, 4) is 0 Å². The molecule has 0 radical (unpaired) electrons. The molecule has 0 saturated carbocycles. The Labute approximate surface area is 257 Å². The van der Waals surface area contributed by atoms with Crippen LogP contribution in [0.4, 0.5) is 24.5 Å². The van der Waals surface area contributed by atoms with Crippen molar-refractivity contribution < 1.29 is 27.6 Å². The van der Waals surface area contributed by atoms with E-state index in [1.807, 2.05) is 24.3 Å². The molecule has 0 aromatic heterocycles. The van der Waals surface area contributed by atoms with Crippen molar-refractivity contribution in [1.82, 2.24) is 5.32 Å². The Hall–Kier alpha value is -4.83. The van der Waals surface area contributed by atoms with E-state index in [2.05, 4.69) is 29.8 Å². The SMILES string of the molecule is CC(C)c1ccc(/C=C(/NC(=O)c2ccccc2)C(=O)Nc2cccc(SCC(=O)Nc3ccccc3C(F)(F)F)c2)cc1. The van der Waals surface area contributed by atoms with Crippen LogP contribution >= 0.6 is 11.8 Å². The maximum Gasteiger partial charge on any atom is 0.418 e. The van der Waals surface area contributed by atoms with Gasteiger partial charge in [-0.2, -0.15) is 13.2 Å². The normalized spacial score (nSPS) is 11.6. The molecule has 0 aliphatic carbocycles. The van der Waals surface area contributed by atoms with Crippen LogP contribution in [-0.4, -0.2) is 23.5 Å². The van der Waals surface area contributed by atoms with Gasteiger partial charge in [0.05, 0.1) is 17.0 Å². The molecule has 0 saturated heterocycles. The van der Waals surface area contributed by atoms with Crippen LogP contribution < -0.4 is 16.0 Å². The fourth-order valence-corrected chi connectivity index (χ4v) is 4.88. The summed E-state index contributed by atoms with van der Waals surface area (Å²) in [7, 11) is 0. The largest absolute Gasteiger partial charge is 0.418 e. The molecule has 226 valence electrons. The van der Waals surface area contributed by atoms with Crippen molar-refractivity contribution in [2.24, 2.45) is 0 Å². The van der Waals surface area contributed by atoms with Crippen LogP contribution in [0.15, 0.2) is 114 Å². The number of carbonyl (C=O) groups excluding carboxylic acids is 3. The Morgan fingerprint density at radius 1 is 0.818 bits per heavy atom. The van der Waals surface area contributed by atoms with Crippen LogP contribution in [0.5, 0.6) is 0 Å². The Kier molecular flexibility index (Phi) is 10.6. The molecule has 0 spiro atoms. The maximum absolute atomic E-state index is 13.4. The summed E-state index contributed by atoms with van der Waals surface area (Å²) in [5, 5.41) is 7.80. The second-order valence-corrected chi connectivity index (χ2v) is 11.1. The fraction of sp³-hybridized carbons (Fsp3) is 0.147. The highest BCUT2D eigenvalue weighted by molar-refractivity contribution is 8.00. The molecule has 10 heteroatoms. The maximum atomic E-state index is 13.4. The molecule has 0 fully saturated rings. The monoisotopic (exact) mass is 617 g/mol. The van der Waals surface area contributed by atoms with Gasteiger partial charge in [-0.3, -0.25) is 14.4 Å². The minimum absolute atomic E-state index is 0.0249. The van der Waals surface area contributed by atoms with Crippen LogP contribution in [0.3, 0.4) is 0 Å². The highest BCUT2D eigenvalue weighted by Crippen LogP contribution is 2.34. The molecule has 4 aromatic carbocycles. The minimum Gasteiger partial charge on any atom is -0.325 e. The molecule has 0 bridgehead atoms. The minimum atomic E-state index is -4.60. The Balaban J connectivity index is 1.46. The molecule has 3 amide bonds. The Morgan fingerprint density at radius 3 is 2.18 bits per heavy atom. The van der Waals surface area contributed by atoms with E-state index in [-0.39, 0.29) is 17.1 Å². The first-order valence-electron chi connectivity index (χ1n) is 13.7. The zero-order valence-electron chi connectivity index (χ0n) is 23.9. The summed E-state index contributed by atoms with van der Waals surface area (Å²) in [6, 6.07) is 27.6. The fourth-order valence-electron chi connectivity index (χ4n) is 4.12. The van der Waals surface area contributed by atoms with Gasteiger partial charge in [-0.25, -0.2) is 0 Å². The predicted octanol–water partition coefficient (Wildman–Crippen LogP) is 7.97. The van der Waals surface area contributed by atoms with Gasteiger partial charge in [0.2, 0.25) is 5.91 Å². The zero-order valence-corrected chi connectivity index (χ0v) is 24.8.